The first-order valence-electron chi connectivity index (χ1n) is 4.95. The van der Waals surface area contributed by atoms with Crippen molar-refractivity contribution in [2.75, 3.05) is 0 Å². The monoisotopic (exact) mass is 229 g/mol. The van der Waals surface area contributed by atoms with Crippen LogP contribution in [0, 0.1) is 6.92 Å². The Hall–Kier alpha value is -1.61. The van der Waals surface area contributed by atoms with E-state index in [1.54, 1.807) is 17.8 Å². The summed E-state index contributed by atoms with van der Waals surface area (Å²) in [6.45, 7) is 1.85. The fourth-order valence-electron chi connectivity index (χ4n) is 1.34. The molecular formula is C13H11NOS. The van der Waals surface area contributed by atoms with Gasteiger partial charge in [-0.05, 0) is 31.2 Å². The number of hydrogen-bond donors (Lipinski definition) is 0. The molecule has 2 aromatic rings. The molecule has 0 saturated carbocycles. The first kappa shape index (κ1) is 10.9. The topological polar surface area (TPSA) is 30.0 Å². The highest BCUT2D eigenvalue weighted by Gasteiger charge is 2.02. The van der Waals surface area contributed by atoms with Gasteiger partial charge in [-0.2, -0.15) is 0 Å². The van der Waals surface area contributed by atoms with E-state index in [-0.39, 0.29) is 0 Å². The molecule has 0 saturated heterocycles. The summed E-state index contributed by atoms with van der Waals surface area (Å²) >= 11 is 1.59. The van der Waals surface area contributed by atoms with E-state index in [4.69, 9.17) is 0 Å². The van der Waals surface area contributed by atoms with Crippen LogP contribution in [0.5, 0.6) is 0 Å². The Balaban J connectivity index is 2.23. The van der Waals surface area contributed by atoms with Crippen LogP contribution in [0.2, 0.25) is 0 Å². The molecule has 16 heavy (non-hydrogen) atoms. The number of nitrogens with zero attached hydrogens (tertiary/aromatic N) is 1. The minimum atomic E-state index is 0.650. The van der Waals surface area contributed by atoms with Gasteiger partial charge in [-0.3, -0.25) is 4.79 Å². The van der Waals surface area contributed by atoms with Crippen LogP contribution < -0.4 is 0 Å². The zero-order chi connectivity index (χ0) is 11.4. The summed E-state index contributed by atoms with van der Waals surface area (Å²) in [6, 6.07) is 13.7. The van der Waals surface area contributed by atoms with Crippen molar-refractivity contribution in [2.45, 2.75) is 16.8 Å². The molecule has 0 aliphatic carbocycles. The normalized spacial score (nSPS) is 10.1. The van der Waals surface area contributed by atoms with Crippen LogP contribution in [-0.2, 0) is 0 Å². The lowest BCUT2D eigenvalue weighted by Crippen LogP contribution is -1.91. The highest BCUT2D eigenvalue weighted by molar-refractivity contribution is 7.99. The third kappa shape index (κ3) is 2.49. The number of carbonyl (C=O) groups excluding carboxylic acids is 1. The lowest BCUT2D eigenvalue weighted by Gasteiger charge is -2.03. The molecule has 0 aliphatic heterocycles. The molecule has 1 aromatic heterocycles. The molecule has 0 spiro atoms. The molecule has 2 nitrogen and oxygen atoms in total. The molecule has 0 aliphatic rings. The minimum Gasteiger partial charge on any atom is -0.298 e. The van der Waals surface area contributed by atoms with Crippen LogP contribution in [0.3, 0.4) is 0 Å². The maximum absolute atomic E-state index is 10.7. The molecule has 0 atom stereocenters. The van der Waals surface area contributed by atoms with Gasteiger partial charge in [0.1, 0.15) is 5.03 Å². The van der Waals surface area contributed by atoms with Gasteiger partial charge < -0.3 is 0 Å². The van der Waals surface area contributed by atoms with Crippen molar-refractivity contribution in [3.05, 3.63) is 53.7 Å². The van der Waals surface area contributed by atoms with E-state index in [0.717, 1.165) is 21.9 Å². The van der Waals surface area contributed by atoms with Gasteiger partial charge in [-0.15, -0.1) is 0 Å². The first-order valence-corrected chi connectivity index (χ1v) is 5.77. The molecule has 3 heteroatoms. The number of aryl methyl sites for hydroxylation is 1. The van der Waals surface area contributed by atoms with Gasteiger partial charge in [0.05, 0.1) is 0 Å². The van der Waals surface area contributed by atoms with E-state index in [0.29, 0.717) is 5.56 Å². The quantitative estimate of drug-likeness (QED) is 0.756. The number of benzene rings is 1. The summed E-state index contributed by atoms with van der Waals surface area (Å²) in [5, 5.41) is 0.911. The zero-order valence-electron chi connectivity index (χ0n) is 8.88. The Morgan fingerprint density at radius 3 is 2.50 bits per heavy atom. The summed E-state index contributed by atoms with van der Waals surface area (Å²) in [5.74, 6) is 0. The minimum absolute atomic E-state index is 0.650. The van der Waals surface area contributed by atoms with Crippen LogP contribution in [0.25, 0.3) is 0 Å². The molecule has 0 radical (unpaired) electrons. The highest BCUT2D eigenvalue weighted by atomic mass is 32.2. The number of aldehydes is 1. The number of rotatable bonds is 3. The molecule has 80 valence electrons. The second kappa shape index (κ2) is 4.94. The fourth-order valence-corrected chi connectivity index (χ4v) is 2.19. The van der Waals surface area contributed by atoms with Crippen LogP contribution in [-0.4, -0.2) is 11.3 Å². The van der Waals surface area contributed by atoms with Crippen LogP contribution in [0.1, 0.15) is 16.1 Å². The smallest absolute Gasteiger partial charge is 0.151 e. The van der Waals surface area contributed by atoms with Gasteiger partial charge >= 0.3 is 0 Å². The van der Waals surface area contributed by atoms with Gasteiger partial charge in [0.15, 0.2) is 6.29 Å². The predicted octanol–water partition coefficient (Wildman–Crippen LogP) is 3.35. The van der Waals surface area contributed by atoms with Crippen molar-refractivity contribution in [1.29, 1.82) is 0 Å². The van der Waals surface area contributed by atoms with Crippen LogP contribution >= 0.6 is 11.8 Å². The summed E-state index contributed by atoms with van der Waals surface area (Å²) in [7, 11) is 0. The SMILES string of the molecule is Cc1nc(Sc2ccccc2)ccc1C=O. The maximum atomic E-state index is 10.7. The van der Waals surface area contributed by atoms with E-state index in [2.05, 4.69) is 4.98 Å². The predicted molar refractivity (Wildman–Crippen MR) is 64.9 cm³/mol. The molecule has 0 unspecified atom stereocenters. The van der Waals surface area contributed by atoms with Crippen molar-refractivity contribution >= 4 is 18.0 Å². The Labute approximate surface area is 98.7 Å². The van der Waals surface area contributed by atoms with Crippen molar-refractivity contribution in [1.82, 2.24) is 4.98 Å². The Bertz CT molecular complexity index is 497. The van der Waals surface area contributed by atoms with Crippen LogP contribution in [0.15, 0.2) is 52.4 Å². The van der Waals surface area contributed by atoms with E-state index in [1.165, 1.54) is 0 Å². The van der Waals surface area contributed by atoms with E-state index in [1.807, 2.05) is 43.3 Å². The van der Waals surface area contributed by atoms with Gasteiger partial charge in [-0.25, -0.2) is 4.98 Å². The first-order chi connectivity index (χ1) is 7.79. The Morgan fingerprint density at radius 1 is 1.12 bits per heavy atom. The van der Waals surface area contributed by atoms with E-state index < -0.39 is 0 Å². The molecule has 0 bridgehead atoms. The maximum Gasteiger partial charge on any atom is 0.151 e. The summed E-state index contributed by atoms with van der Waals surface area (Å²) in [5.41, 5.74) is 1.42. The molecule has 0 fully saturated rings. The van der Waals surface area contributed by atoms with Gasteiger partial charge in [0.25, 0.3) is 0 Å². The average Bonchev–Trinajstić information content (AvgIpc) is 2.31. The lowest BCUT2D eigenvalue weighted by molar-refractivity contribution is 0.112. The third-order valence-corrected chi connectivity index (χ3v) is 3.14. The molecule has 1 heterocycles. The third-order valence-electron chi connectivity index (χ3n) is 2.19. The largest absolute Gasteiger partial charge is 0.298 e. The van der Waals surface area contributed by atoms with Crippen molar-refractivity contribution in [2.24, 2.45) is 0 Å². The van der Waals surface area contributed by atoms with Gasteiger partial charge in [0.2, 0.25) is 0 Å². The number of aromatic nitrogens is 1. The molecular weight excluding hydrogens is 218 g/mol. The molecule has 0 N–H and O–H groups in total. The zero-order valence-corrected chi connectivity index (χ0v) is 9.70. The van der Waals surface area contributed by atoms with Crippen molar-refractivity contribution < 1.29 is 4.79 Å². The number of hydrogen-bond acceptors (Lipinski definition) is 3. The summed E-state index contributed by atoms with van der Waals surface area (Å²) in [4.78, 5) is 16.2. The summed E-state index contributed by atoms with van der Waals surface area (Å²) in [6.07, 6.45) is 0.833. The highest BCUT2D eigenvalue weighted by Crippen LogP contribution is 2.25. The fraction of sp³-hybridized carbons (Fsp3) is 0.0769. The Morgan fingerprint density at radius 2 is 1.88 bits per heavy atom. The second-order valence-electron chi connectivity index (χ2n) is 3.36. The molecule has 1 aromatic carbocycles. The van der Waals surface area contributed by atoms with E-state index in [9.17, 15) is 4.79 Å². The van der Waals surface area contributed by atoms with Gasteiger partial charge in [-0.1, -0.05) is 30.0 Å². The molecule has 0 amide bonds. The van der Waals surface area contributed by atoms with Crippen LogP contribution in [0.4, 0.5) is 0 Å². The summed E-state index contributed by atoms with van der Waals surface area (Å²) < 4.78 is 0. The number of pyridine rings is 1. The van der Waals surface area contributed by atoms with E-state index >= 15 is 0 Å². The van der Waals surface area contributed by atoms with Gasteiger partial charge in [0, 0.05) is 16.2 Å². The Kier molecular flexibility index (Phi) is 3.37. The van der Waals surface area contributed by atoms with Crippen molar-refractivity contribution in [3.8, 4) is 0 Å². The number of carbonyl (C=O) groups is 1. The average molecular weight is 229 g/mol. The second-order valence-corrected chi connectivity index (χ2v) is 4.45. The lowest BCUT2D eigenvalue weighted by atomic mass is 10.2. The molecule has 2 rings (SSSR count). The standard InChI is InChI=1S/C13H11NOS/c1-10-11(9-15)7-8-13(14-10)16-12-5-3-2-4-6-12/h2-9H,1H3. The van der Waals surface area contributed by atoms with Crippen molar-refractivity contribution in [3.63, 3.8) is 0 Å².